The number of carbonyl (C=O) groups is 1. The lowest BCUT2D eigenvalue weighted by atomic mass is 10.2. The molecule has 0 aliphatic carbocycles. The Bertz CT molecular complexity index is 1100. The molecule has 0 saturated carbocycles. The minimum absolute atomic E-state index is 0.0976. The maximum absolute atomic E-state index is 13.0. The SMILES string of the molecule is C=CCn1c(SC(C)C(=O)Nc2ccc(Cl)cc2)nc2sc(C)c(C)c2c1=O. The molecule has 1 aromatic carbocycles. The monoisotopic (exact) mass is 433 g/mol. The maximum Gasteiger partial charge on any atom is 0.263 e. The topological polar surface area (TPSA) is 64.0 Å². The van der Waals surface area contributed by atoms with Gasteiger partial charge in [-0.3, -0.25) is 14.2 Å². The summed E-state index contributed by atoms with van der Waals surface area (Å²) in [6.07, 6.45) is 1.66. The van der Waals surface area contributed by atoms with Crippen LogP contribution in [0.15, 0.2) is 46.9 Å². The van der Waals surface area contributed by atoms with Gasteiger partial charge in [0.1, 0.15) is 4.83 Å². The lowest BCUT2D eigenvalue weighted by Gasteiger charge is -2.15. The molecule has 0 aliphatic rings. The van der Waals surface area contributed by atoms with Crippen LogP contribution in [0.2, 0.25) is 5.02 Å². The molecule has 2 heterocycles. The number of amides is 1. The molecule has 0 spiro atoms. The smallest absolute Gasteiger partial charge is 0.263 e. The Morgan fingerprint density at radius 2 is 2.07 bits per heavy atom. The summed E-state index contributed by atoms with van der Waals surface area (Å²) in [5, 5.41) is 4.17. The zero-order valence-corrected chi connectivity index (χ0v) is 18.2. The Hall–Kier alpha value is -2.09. The van der Waals surface area contributed by atoms with Gasteiger partial charge in [0.05, 0.1) is 10.6 Å². The number of allylic oxidation sites excluding steroid dienone is 1. The predicted molar refractivity (Wildman–Crippen MR) is 119 cm³/mol. The second kappa shape index (κ2) is 8.51. The van der Waals surface area contributed by atoms with Crippen molar-refractivity contribution in [3.05, 3.63) is 62.7 Å². The molecular weight excluding hydrogens is 414 g/mol. The highest BCUT2D eigenvalue weighted by molar-refractivity contribution is 8.00. The van der Waals surface area contributed by atoms with Crippen LogP contribution < -0.4 is 10.9 Å². The van der Waals surface area contributed by atoms with E-state index in [9.17, 15) is 9.59 Å². The molecule has 0 fully saturated rings. The van der Waals surface area contributed by atoms with Gasteiger partial charge in [-0.1, -0.05) is 29.4 Å². The summed E-state index contributed by atoms with van der Waals surface area (Å²) >= 11 is 8.63. The van der Waals surface area contributed by atoms with Crippen LogP contribution in [-0.4, -0.2) is 20.7 Å². The molecule has 1 atom stereocenters. The molecule has 146 valence electrons. The number of aromatic nitrogens is 2. The Morgan fingerprint density at radius 3 is 2.71 bits per heavy atom. The molecule has 28 heavy (non-hydrogen) atoms. The van der Waals surface area contributed by atoms with Crippen molar-refractivity contribution in [3.63, 3.8) is 0 Å². The number of hydrogen-bond donors (Lipinski definition) is 1. The van der Waals surface area contributed by atoms with Gasteiger partial charge in [0, 0.05) is 22.1 Å². The van der Waals surface area contributed by atoms with Crippen LogP contribution >= 0.6 is 34.7 Å². The quantitative estimate of drug-likeness (QED) is 0.336. The van der Waals surface area contributed by atoms with Crippen LogP contribution in [0.5, 0.6) is 0 Å². The highest BCUT2D eigenvalue weighted by Gasteiger charge is 2.21. The van der Waals surface area contributed by atoms with E-state index < -0.39 is 5.25 Å². The van der Waals surface area contributed by atoms with Crippen molar-refractivity contribution in [2.75, 3.05) is 5.32 Å². The van der Waals surface area contributed by atoms with Gasteiger partial charge < -0.3 is 5.32 Å². The predicted octanol–water partition coefficient (Wildman–Crippen LogP) is 5.03. The molecule has 0 aliphatic heterocycles. The second-order valence-electron chi connectivity index (χ2n) is 6.32. The Morgan fingerprint density at radius 1 is 1.39 bits per heavy atom. The van der Waals surface area contributed by atoms with Gasteiger partial charge in [0.25, 0.3) is 5.56 Å². The van der Waals surface area contributed by atoms with Crippen LogP contribution in [0.4, 0.5) is 5.69 Å². The fourth-order valence-corrected chi connectivity index (χ4v) is 4.79. The molecule has 0 radical (unpaired) electrons. The third-order valence-electron chi connectivity index (χ3n) is 4.33. The Kier molecular flexibility index (Phi) is 6.27. The Labute approximate surface area is 176 Å². The number of thiophene rings is 1. The van der Waals surface area contributed by atoms with Crippen molar-refractivity contribution in [2.24, 2.45) is 0 Å². The standard InChI is InChI=1S/C20H20ClN3O2S2/c1-5-10-24-19(26)16-11(2)12(3)27-18(16)23-20(24)28-13(4)17(25)22-15-8-6-14(21)7-9-15/h5-9,13H,1,10H2,2-4H3,(H,22,25). The lowest BCUT2D eigenvalue weighted by Crippen LogP contribution is -2.26. The van der Waals surface area contributed by atoms with E-state index in [1.54, 1.807) is 41.8 Å². The van der Waals surface area contributed by atoms with Crippen molar-refractivity contribution < 1.29 is 4.79 Å². The van der Waals surface area contributed by atoms with Gasteiger partial charge in [-0.15, -0.1) is 17.9 Å². The van der Waals surface area contributed by atoms with E-state index in [0.29, 0.717) is 32.6 Å². The Balaban J connectivity index is 1.90. The normalized spacial score (nSPS) is 12.1. The molecule has 1 N–H and O–H groups in total. The number of rotatable bonds is 6. The number of nitrogens with one attached hydrogen (secondary N) is 1. The van der Waals surface area contributed by atoms with Crippen molar-refractivity contribution in [2.45, 2.75) is 37.7 Å². The van der Waals surface area contributed by atoms with Gasteiger partial charge in [0.2, 0.25) is 5.91 Å². The molecule has 1 unspecified atom stereocenters. The van der Waals surface area contributed by atoms with E-state index in [4.69, 9.17) is 11.6 Å². The first-order valence-corrected chi connectivity index (χ1v) is 10.7. The summed E-state index contributed by atoms with van der Waals surface area (Å²) in [5.74, 6) is -0.176. The lowest BCUT2D eigenvalue weighted by molar-refractivity contribution is -0.115. The van der Waals surface area contributed by atoms with Crippen LogP contribution in [0.3, 0.4) is 0 Å². The van der Waals surface area contributed by atoms with E-state index in [0.717, 1.165) is 10.4 Å². The van der Waals surface area contributed by atoms with E-state index in [1.807, 2.05) is 13.8 Å². The molecular formula is C20H20ClN3O2S2. The average Bonchev–Trinajstić information content (AvgIpc) is 2.94. The highest BCUT2D eigenvalue weighted by atomic mass is 35.5. The number of hydrogen-bond acceptors (Lipinski definition) is 5. The van der Waals surface area contributed by atoms with Crippen LogP contribution in [-0.2, 0) is 11.3 Å². The van der Waals surface area contributed by atoms with E-state index in [1.165, 1.54) is 23.1 Å². The number of halogens is 1. The van der Waals surface area contributed by atoms with Crippen molar-refractivity contribution in [1.82, 2.24) is 9.55 Å². The molecule has 3 aromatic rings. The summed E-state index contributed by atoms with van der Waals surface area (Å²) in [7, 11) is 0. The molecule has 0 bridgehead atoms. The minimum atomic E-state index is -0.446. The fraction of sp³-hybridized carbons (Fsp3) is 0.250. The maximum atomic E-state index is 13.0. The first-order valence-electron chi connectivity index (χ1n) is 8.66. The molecule has 0 saturated heterocycles. The number of fused-ring (bicyclic) bond motifs is 1. The highest BCUT2D eigenvalue weighted by Crippen LogP contribution is 2.30. The molecule has 8 heteroatoms. The van der Waals surface area contributed by atoms with Gasteiger partial charge >= 0.3 is 0 Å². The van der Waals surface area contributed by atoms with Crippen LogP contribution in [0, 0.1) is 13.8 Å². The summed E-state index contributed by atoms with van der Waals surface area (Å²) in [6.45, 7) is 9.78. The van der Waals surface area contributed by atoms with Crippen molar-refractivity contribution in [3.8, 4) is 0 Å². The zero-order chi connectivity index (χ0) is 20.4. The van der Waals surface area contributed by atoms with E-state index >= 15 is 0 Å². The number of nitrogens with zero attached hydrogens (tertiary/aromatic N) is 2. The summed E-state index contributed by atoms with van der Waals surface area (Å²) < 4.78 is 1.57. The zero-order valence-electron chi connectivity index (χ0n) is 15.8. The molecule has 5 nitrogen and oxygen atoms in total. The minimum Gasteiger partial charge on any atom is -0.325 e. The van der Waals surface area contributed by atoms with Gasteiger partial charge in [0.15, 0.2) is 5.16 Å². The van der Waals surface area contributed by atoms with Crippen LogP contribution in [0.25, 0.3) is 10.2 Å². The van der Waals surface area contributed by atoms with Gasteiger partial charge in [-0.25, -0.2) is 4.98 Å². The number of carbonyl (C=O) groups excluding carboxylic acids is 1. The van der Waals surface area contributed by atoms with Crippen molar-refractivity contribution >= 4 is 56.5 Å². The van der Waals surface area contributed by atoms with Crippen LogP contribution in [0.1, 0.15) is 17.4 Å². The number of thioether (sulfide) groups is 1. The largest absolute Gasteiger partial charge is 0.325 e. The fourth-order valence-electron chi connectivity index (χ4n) is 2.68. The first-order chi connectivity index (χ1) is 13.3. The van der Waals surface area contributed by atoms with Gasteiger partial charge in [-0.05, 0) is 50.6 Å². The average molecular weight is 434 g/mol. The second-order valence-corrected chi connectivity index (χ2v) is 9.27. The number of anilines is 1. The van der Waals surface area contributed by atoms with E-state index in [2.05, 4.69) is 16.9 Å². The summed E-state index contributed by atoms with van der Waals surface area (Å²) in [5.41, 5.74) is 1.53. The first kappa shape index (κ1) is 20.6. The number of aryl methyl sites for hydroxylation is 2. The summed E-state index contributed by atoms with van der Waals surface area (Å²) in [4.78, 5) is 32.0. The number of benzene rings is 1. The summed E-state index contributed by atoms with van der Waals surface area (Å²) in [6, 6.07) is 6.92. The molecule has 2 aromatic heterocycles. The molecule has 1 amide bonds. The van der Waals surface area contributed by atoms with Gasteiger partial charge in [-0.2, -0.15) is 0 Å². The third kappa shape index (κ3) is 4.16. The molecule has 3 rings (SSSR count). The van der Waals surface area contributed by atoms with E-state index in [-0.39, 0.29) is 11.5 Å². The third-order valence-corrected chi connectivity index (χ3v) is 6.77. The van der Waals surface area contributed by atoms with Crippen molar-refractivity contribution in [1.29, 1.82) is 0 Å².